The van der Waals surface area contributed by atoms with Crippen molar-refractivity contribution >= 4 is 12.0 Å². The monoisotopic (exact) mass is 354 g/mol. The molecule has 0 bridgehead atoms. The Bertz CT molecular complexity index is 718. The Morgan fingerprint density at radius 1 is 1.38 bits per heavy atom. The summed E-state index contributed by atoms with van der Waals surface area (Å²) in [6, 6.07) is 7.42. The maximum Gasteiger partial charge on any atom is 0.262 e. The number of methoxy groups -OCH3 is 1. The van der Waals surface area contributed by atoms with E-state index in [0.29, 0.717) is 29.6 Å². The van der Waals surface area contributed by atoms with E-state index < -0.39 is 0 Å². The molecule has 0 heterocycles. The number of amides is 1. The average molecular weight is 354 g/mol. The standard InChI is InChI=1S/C21H26N2O3/c1-4-11-26-19-10-9-16(13-20(19)25-3)12-17(14-22)21(24)23-18-8-6-5-7-15(18)2/h4,9-10,12-13,15,18H,1,5-8,11H2,2-3H3,(H,23,24)/b17-12+/t15-,18-/m0/s1. The van der Waals surface area contributed by atoms with E-state index in [1.165, 1.54) is 6.42 Å². The predicted octanol–water partition coefficient (Wildman–Crippen LogP) is 3.86. The molecule has 0 saturated heterocycles. The molecule has 5 nitrogen and oxygen atoms in total. The molecule has 2 rings (SSSR count). The molecule has 138 valence electrons. The molecule has 0 spiro atoms. The number of carbonyl (C=O) groups excluding carboxylic acids is 1. The first-order valence-electron chi connectivity index (χ1n) is 8.93. The van der Waals surface area contributed by atoms with Gasteiger partial charge in [-0.1, -0.05) is 38.5 Å². The van der Waals surface area contributed by atoms with Crippen LogP contribution in [0, 0.1) is 17.2 Å². The summed E-state index contributed by atoms with van der Waals surface area (Å²) in [6.45, 7) is 6.13. The van der Waals surface area contributed by atoms with Crippen LogP contribution in [0.4, 0.5) is 0 Å². The van der Waals surface area contributed by atoms with Crippen LogP contribution in [-0.4, -0.2) is 25.7 Å². The van der Waals surface area contributed by atoms with Gasteiger partial charge in [0, 0.05) is 6.04 Å². The average Bonchev–Trinajstić information content (AvgIpc) is 2.66. The van der Waals surface area contributed by atoms with Gasteiger partial charge >= 0.3 is 0 Å². The Morgan fingerprint density at radius 3 is 2.81 bits per heavy atom. The van der Waals surface area contributed by atoms with Crippen molar-refractivity contribution in [3.63, 3.8) is 0 Å². The molecular formula is C21H26N2O3. The quantitative estimate of drug-likeness (QED) is 0.458. The van der Waals surface area contributed by atoms with Gasteiger partial charge in [0.1, 0.15) is 18.2 Å². The summed E-state index contributed by atoms with van der Waals surface area (Å²) in [5.41, 5.74) is 0.792. The zero-order chi connectivity index (χ0) is 18.9. The second kappa shape index (κ2) is 9.67. The second-order valence-corrected chi connectivity index (χ2v) is 6.52. The van der Waals surface area contributed by atoms with Crippen LogP contribution < -0.4 is 14.8 Å². The lowest BCUT2D eigenvalue weighted by Gasteiger charge is -2.29. The molecule has 1 N–H and O–H groups in total. The van der Waals surface area contributed by atoms with Crippen LogP contribution in [0.15, 0.2) is 36.4 Å². The van der Waals surface area contributed by atoms with Gasteiger partial charge in [0.25, 0.3) is 5.91 Å². The van der Waals surface area contributed by atoms with Crippen molar-refractivity contribution in [2.45, 2.75) is 38.6 Å². The summed E-state index contributed by atoms with van der Waals surface area (Å²) in [7, 11) is 1.55. The highest BCUT2D eigenvalue weighted by Crippen LogP contribution is 2.29. The SMILES string of the molecule is C=CCOc1ccc(/C=C(\C#N)C(=O)N[C@H]2CCCC[C@@H]2C)cc1OC. The number of ether oxygens (including phenoxy) is 2. The van der Waals surface area contributed by atoms with Crippen LogP contribution in [0.2, 0.25) is 0 Å². The van der Waals surface area contributed by atoms with E-state index in [4.69, 9.17) is 9.47 Å². The molecule has 1 aliphatic carbocycles. The van der Waals surface area contributed by atoms with Gasteiger partial charge in [-0.2, -0.15) is 5.26 Å². The largest absolute Gasteiger partial charge is 0.493 e. The summed E-state index contributed by atoms with van der Waals surface area (Å²) >= 11 is 0. The van der Waals surface area contributed by atoms with E-state index in [0.717, 1.165) is 19.3 Å². The number of nitrogens with zero attached hydrogens (tertiary/aromatic N) is 1. The maximum absolute atomic E-state index is 12.5. The van der Waals surface area contributed by atoms with Crippen LogP contribution in [-0.2, 0) is 4.79 Å². The summed E-state index contributed by atoms with van der Waals surface area (Å²) in [5.74, 6) is 1.24. The Hall–Kier alpha value is -2.74. The minimum Gasteiger partial charge on any atom is -0.493 e. The first-order chi connectivity index (χ1) is 12.6. The molecule has 1 saturated carbocycles. The first kappa shape index (κ1) is 19.6. The Morgan fingerprint density at radius 2 is 2.15 bits per heavy atom. The molecule has 1 aliphatic rings. The Balaban J connectivity index is 2.15. The van der Waals surface area contributed by atoms with Crippen molar-refractivity contribution in [3.8, 4) is 17.6 Å². The highest BCUT2D eigenvalue weighted by atomic mass is 16.5. The molecule has 0 aliphatic heterocycles. The van der Waals surface area contributed by atoms with Crippen LogP contribution in [0.1, 0.15) is 38.2 Å². The first-order valence-corrected chi connectivity index (χ1v) is 8.93. The number of nitrogens with one attached hydrogen (secondary N) is 1. The zero-order valence-electron chi connectivity index (χ0n) is 15.5. The number of benzene rings is 1. The molecule has 5 heteroatoms. The van der Waals surface area contributed by atoms with Crippen molar-refractivity contribution in [2.75, 3.05) is 13.7 Å². The van der Waals surface area contributed by atoms with E-state index in [-0.39, 0.29) is 17.5 Å². The fourth-order valence-electron chi connectivity index (χ4n) is 3.13. The molecule has 0 unspecified atom stereocenters. The molecule has 0 aromatic heterocycles. The van der Waals surface area contributed by atoms with Gasteiger partial charge in [0.05, 0.1) is 7.11 Å². The summed E-state index contributed by atoms with van der Waals surface area (Å²) < 4.78 is 10.8. The number of hydrogen-bond acceptors (Lipinski definition) is 4. The smallest absolute Gasteiger partial charge is 0.262 e. The van der Waals surface area contributed by atoms with Crippen molar-refractivity contribution < 1.29 is 14.3 Å². The third-order valence-electron chi connectivity index (χ3n) is 4.65. The van der Waals surface area contributed by atoms with Gasteiger partial charge < -0.3 is 14.8 Å². The minimum atomic E-state index is -0.322. The molecule has 26 heavy (non-hydrogen) atoms. The van der Waals surface area contributed by atoms with E-state index in [1.807, 2.05) is 6.07 Å². The molecule has 2 atom stereocenters. The lowest BCUT2D eigenvalue weighted by molar-refractivity contribution is -0.118. The summed E-state index contributed by atoms with van der Waals surface area (Å²) in [6.07, 6.45) is 7.62. The van der Waals surface area contributed by atoms with Crippen molar-refractivity contribution in [3.05, 3.63) is 42.0 Å². The van der Waals surface area contributed by atoms with Crippen LogP contribution >= 0.6 is 0 Å². The lowest BCUT2D eigenvalue weighted by Crippen LogP contribution is -2.41. The van der Waals surface area contributed by atoms with Gasteiger partial charge in [-0.25, -0.2) is 0 Å². The van der Waals surface area contributed by atoms with Crippen molar-refractivity contribution in [1.29, 1.82) is 5.26 Å². The van der Waals surface area contributed by atoms with Gasteiger partial charge in [0.2, 0.25) is 0 Å². The topological polar surface area (TPSA) is 71.3 Å². The number of hydrogen-bond donors (Lipinski definition) is 1. The number of carbonyl (C=O) groups is 1. The lowest BCUT2D eigenvalue weighted by atomic mass is 9.86. The molecule has 1 amide bonds. The minimum absolute atomic E-state index is 0.0876. The van der Waals surface area contributed by atoms with Gasteiger partial charge in [0.15, 0.2) is 11.5 Å². The van der Waals surface area contributed by atoms with Gasteiger partial charge in [-0.3, -0.25) is 4.79 Å². The van der Waals surface area contributed by atoms with E-state index in [9.17, 15) is 10.1 Å². The third-order valence-corrected chi connectivity index (χ3v) is 4.65. The normalized spacial score (nSPS) is 20.0. The van der Waals surface area contributed by atoms with Crippen LogP contribution in [0.5, 0.6) is 11.5 Å². The third kappa shape index (κ3) is 5.13. The number of rotatable bonds is 7. The molecule has 1 aromatic carbocycles. The number of nitriles is 1. The van der Waals surface area contributed by atoms with Crippen LogP contribution in [0.3, 0.4) is 0 Å². The molecule has 1 fully saturated rings. The van der Waals surface area contributed by atoms with Gasteiger partial charge in [-0.05, 0) is 42.5 Å². The molecule has 1 aromatic rings. The van der Waals surface area contributed by atoms with Crippen molar-refractivity contribution in [2.24, 2.45) is 5.92 Å². The van der Waals surface area contributed by atoms with Crippen molar-refractivity contribution in [1.82, 2.24) is 5.32 Å². The second-order valence-electron chi connectivity index (χ2n) is 6.52. The Kier molecular flexibility index (Phi) is 7.28. The highest BCUT2D eigenvalue weighted by Gasteiger charge is 2.24. The predicted molar refractivity (Wildman–Crippen MR) is 102 cm³/mol. The summed E-state index contributed by atoms with van der Waals surface area (Å²) in [4.78, 5) is 12.5. The highest BCUT2D eigenvalue weighted by molar-refractivity contribution is 6.01. The maximum atomic E-state index is 12.5. The van der Waals surface area contributed by atoms with E-state index in [1.54, 1.807) is 37.5 Å². The fourth-order valence-corrected chi connectivity index (χ4v) is 3.13. The molecular weight excluding hydrogens is 328 g/mol. The zero-order valence-corrected chi connectivity index (χ0v) is 15.5. The molecule has 0 radical (unpaired) electrons. The van der Waals surface area contributed by atoms with Crippen LogP contribution in [0.25, 0.3) is 6.08 Å². The fraction of sp³-hybridized carbons (Fsp3) is 0.429. The Labute approximate surface area is 155 Å². The van der Waals surface area contributed by atoms with E-state index >= 15 is 0 Å². The summed E-state index contributed by atoms with van der Waals surface area (Å²) in [5, 5.41) is 12.4. The van der Waals surface area contributed by atoms with Gasteiger partial charge in [-0.15, -0.1) is 0 Å². The van der Waals surface area contributed by atoms with E-state index in [2.05, 4.69) is 18.8 Å².